The highest BCUT2D eigenvalue weighted by Gasteiger charge is 2.38. The molecular formula is C23H36IN5O. The van der Waals surface area contributed by atoms with Crippen LogP contribution in [0.25, 0.3) is 0 Å². The molecule has 6 nitrogen and oxygen atoms in total. The maximum Gasteiger partial charge on any atom is 0.243 e. The first kappa shape index (κ1) is 23.3. The van der Waals surface area contributed by atoms with Crippen LogP contribution >= 0.6 is 24.0 Å². The molecule has 3 atom stereocenters. The van der Waals surface area contributed by atoms with Crippen LogP contribution in [0.1, 0.15) is 37.3 Å². The highest BCUT2D eigenvalue weighted by Crippen LogP contribution is 2.31. The van der Waals surface area contributed by atoms with E-state index in [2.05, 4.69) is 51.7 Å². The fraction of sp³-hybridized carbons (Fsp3) is 0.652. The zero-order valence-electron chi connectivity index (χ0n) is 18.4. The number of carbonyl (C=O) groups is 1. The summed E-state index contributed by atoms with van der Waals surface area (Å²) in [5.41, 5.74) is 2.89. The van der Waals surface area contributed by atoms with Crippen molar-refractivity contribution in [3.8, 4) is 0 Å². The Hall–Kier alpha value is -1.35. The second kappa shape index (κ2) is 10.3. The Morgan fingerprint density at radius 2 is 1.87 bits per heavy atom. The average molecular weight is 525 g/mol. The van der Waals surface area contributed by atoms with Gasteiger partial charge in [-0.15, -0.1) is 24.0 Å². The number of benzene rings is 1. The normalized spacial score (nSPS) is 26.5. The molecule has 3 unspecified atom stereocenters. The van der Waals surface area contributed by atoms with Gasteiger partial charge in [-0.1, -0.05) is 31.2 Å². The van der Waals surface area contributed by atoms with Gasteiger partial charge in [-0.3, -0.25) is 9.69 Å². The predicted octanol–water partition coefficient (Wildman–Crippen LogP) is 2.27. The summed E-state index contributed by atoms with van der Waals surface area (Å²) in [5.74, 6) is 1.40. The lowest BCUT2D eigenvalue weighted by Gasteiger charge is -2.29. The third kappa shape index (κ3) is 5.87. The number of nitrogens with one attached hydrogen (secondary N) is 2. The minimum absolute atomic E-state index is 0. The van der Waals surface area contributed by atoms with Gasteiger partial charge in [0.05, 0.1) is 0 Å². The van der Waals surface area contributed by atoms with Crippen molar-refractivity contribution in [1.82, 2.24) is 20.4 Å². The number of amides is 1. The zero-order valence-corrected chi connectivity index (χ0v) is 20.8. The van der Waals surface area contributed by atoms with Crippen LogP contribution in [0.2, 0.25) is 0 Å². The maximum absolute atomic E-state index is 12.1. The van der Waals surface area contributed by atoms with E-state index in [1.165, 1.54) is 24.0 Å². The van der Waals surface area contributed by atoms with Gasteiger partial charge in [-0.2, -0.15) is 0 Å². The van der Waals surface area contributed by atoms with Crippen LogP contribution in [0.15, 0.2) is 29.3 Å². The van der Waals surface area contributed by atoms with Gasteiger partial charge >= 0.3 is 0 Å². The quantitative estimate of drug-likeness (QED) is 0.352. The Bertz CT molecular complexity index is 764. The van der Waals surface area contributed by atoms with Crippen molar-refractivity contribution < 1.29 is 4.79 Å². The predicted molar refractivity (Wildman–Crippen MR) is 132 cm³/mol. The lowest BCUT2D eigenvalue weighted by Crippen LogP contribution is -2.51. The number of halogens is 1. The van der Waals surface area contributed by atoms with Crippen molar-refractivity contribution in [2.75, 3.05) is 33.7 Å². The first-order valence-corrected chi connectivity index (χ1v) is 11.1. The molecule has 0 bridgehead atoms. The Kier molecular flexibility index (Phi) is 8.01. The standard InChI is InChI=1S/C23H35N5O.HI/c1-16-14-28(20-10-11-20)15-21(16)26-23(24-13-22(29)27(2)3)25-19-9-8-17-6-4-5-7-18(17)12-19;/h4-7,16,19-21H,8-15H2,1-3H3,(H2,24,25,26);1H. The Labute approximate surface area is 197 Å². The molecule has 30 heavy (non-hydrogen) atoms. The molecule has 1 heterocycles. The lowest BCUT2D eigenvalue weighted by atomic mass is 9.88. The number of aryl methyl sites for hydroxylation is 1. The molecule has 1 aromatic carbocycles. The number of guanidine groups is 1. The summed E-state index contributed by atoms with van der Waals surface area (Å²) in [6.45, 7) is 4.73. The molecule has 1 amide bonds. The topological polar surface area (TPSA) is 60.0 Å². The second-order valence-corrected chi connectivity index (χ2v) is 9.22. The summed E-state index contributed by atoms with van der Waals surface area (Å²) in [6, 6.07) is 10.2. The van der Waals surface area contributed by atoms with E-state index in [0.29, 0.717) is 18.0 Å². The number of aliphatic imine (C=N–C) groups is 1. The SMILES string of the molecule is CC1CN(C2CC2)CC1NC(=NCC(=O)N(C)C)NC1CCc2ccccc2C1.I. The average Bonchev–Trinajstić information content (AvgIpc) is 3.50. The summed E-state index contributed by atoms with van der Waals surface area (Å²) < 4.78 is 0. The van der Waals surface area contributed by atoms with Gasteiger partial charge in [-0.25, -0.2) is 4.99 Å². The summed E-state index contributed by atoms with van der Waals surface area (Å²) in [5, 5.41) is 7.32. The fourth-order valence-electron chi connectivity index (χ4n) is 4.54. The largest absolute Gasteiger partial charge is 0.353 e. The first-order chi connectivity index (χ1) is 14.0. The number of nitrogens with zero attached hydrogens (tertiary/aromatic N) is 3. The molecule has 3 aliphatic rings. The molecule has 2 N–H and O–H groups in total. The molecule has 2 fully saturated rings. The monoisotopic (exact) mass is 525 g/mol. The van der Waals surface area contributed by atoms with Gasteiger partial charge in [-0.05, 0) is 49.1 Å². The van der Waals surface area contributed by atoms with E-state index in [9.17, 15) is 4.79 Å². The highest BCUT2D eigenvalue weighted by molar-refractivity contribution is 14.0. The molecule has 1 saturated heterocycles. The van der Waals surface area contributed by atoms with Crippen molar-refractivity contribution in [1.29, 1.82) is 0 Å². The van der Waals surface area contributed by atoms with Crippen molar-refractivity contribution in [3.63, 3.8) is 0 Å². The number of likely N-dealkylation sites (N-methyl/N-ethyl adjacent to an activating group) is 1. The zero-order chi connectivity index (χ0) is 20.4. The van der Waals surface area contributed by atoms with Crippen molar-refractivity contribution in [2.45, 2.75) is 57.2 Å². The minimum atomic E-state index is 0. The van der Waals surface area contributed by atoms with Gasteiger partial charge in [0.1, 0.15) is 6.54 Å². The second-order valence-electron chi connectivity index (χ2n) is 9.22. The molecule has 0 radical (unpaired) electrons. The summed E-state index contributed by atoms with van der Waals surface area (Å²) in [4.78, 5) is 21.0. The van der Waals surface area contributed by atoms with E-state index in [1.54, 1.807) is 19.0 Å². The molecule has 1 aromatic rings. The summed E-state index contributed by atoms with van der Waals surface area (Å²) in [6.07, 6.45) is 5.88. The Morgan fingerprint density at radius 1 is 1.13 bits per heavy atom. The molecule has 2 aliphatic carbocycles. The van der Waals surface area contributed by atoms with E-state index >= 15 is 0 Å². The van der Waals surface area contributed by atoms with Gasteiger partial charge < -0.3 is 15.5 Å². The fourth-order valence-corrected chi connectivity index (χ4v) is 4.54. The minimum Gasteiger partial charge on any atom is -0.353 e. The van der Waals surface area contributed by atoms with E-state index in [4.69, 9.17) is 0 Å². The molecule has 4 rings (SSSR count). The van der Waals surface area contributed by atoms with Crippen molar-refractivity contribution >= 4 is 35.8 Å². The van der Waals surface area contributed by atoms with Crippen LogP contribution in [0.3, 0.4) is 0 Å². The van der Waals surface area contributed by atoms with Crippen LogP contribution < -0.4 is 10.6 Å². The highest BCUT2D eigenvalue weighted by atomic mass is 127. The third-order valence-electron chi connectivity index (χ3n) is 6.58. The molecular weight excluding hydrogens is 489 g/mol. The molecule has 7 heteroatoms. The number of rotatable bonds is 5. The maximum atomic E-state index is 12.1. The van der Waals surface area contributed by atoms with Crippen LogP contribution in [0.4, 0.5) is 0 Å². The molecule has 166 valence electrons. The molecule has 1 aliphatic heterocycles. The van der Waals surface area contributed by atoms with Gasteiger partial charge in [0.2, 0.25) is 5.91 Å². The number of hydrogen-bond acceptors (Lipinski definition) is 3. The molecule has 0 aromatic heterocycles. The van der Waals surface area contributed by atoms with E-state index < -0.39 is 0 Å². The number of fused-ring (bicyclic) bond motifs is 1. The van der Waals surface area contributed by atoms with Crippen molar-refractivity contribution in [2.24, 2.45) is 10.9 Å². The van der Waals surface area contributed by atoms with Gasteiger partial charge in [0.25, 0.3) is 0 Å². The van der Waals surface area contributed by atoms with Crippen LogP contribution in [0.5, 0.6) is 0 Å². The third-order valence-corrected chi connectivity index (χ3v) is 6.58. The smallest absolute Gasteiger partial charge is 0.243 e. The van der Waals surface area contributed by atoms with Crippen LogP contribution in [0, 0.1) is 5.92 Å². The number of carbonyl (C=O) groups excluding carboxylic acids is 1. The van der Waals surface area contributed by atoms with Crippen LogP contribution in [-0.2, 0) is 17.6 Å². The van der Waals surface area contributed by atoms with Crippen molar-refractivity contribution in [3.05, 3.63) is 35.4 Å². The number of likely N-dealkylation sites (tertiary alicyclic amines) is 1. The van der Waals surface area contributed by atoms with E-state index in [0.717, 1.165) is 44.4 Å². The van der Waals surface area contributed by atoms with Gasteiger partial charge in [0, 0.05) is 45.3 Å². The first-order valence-electron chi connectivity index (χ1n) is 11.1. The summed E-state index contributed by atoms with van der Waals surface area (Å²) >= 11 is 0. The van der Waals surface area contributed by atoms with Crippen LogP contribution in [-0.4, -0.2) is 73.5 Å². The van der Waals surface area contributed by atoms with Gasteiger partial charge in [0.15, 0.2) is 5.96 Å². The summed E-state index contributed by atoms with van der Waals surface area (Å²) in [7, 11) is 3.56. The van der Waals surface area contributed by atoms with E-state index in [-0.39, 0.29) is 36.4 Å². The number of hydrogen-bond donors (Lipinski definition) is 2. The molecule has 0 spiro atoms. The Morgan fingerprint density at radius 3 is 2.57 bits per heavy atom. The Balaban J connectivity index is 0.00000256. The lowest BCUT2D eigenvalue weighted by molar-refractivity contribution is -0.127. The molecule has 1 saturated carbocycles. The van der Waals surface area contributed by atoms with E-state index in [1.807, 2.05) is 0 Å².